The zero-order valence-corrected chi connectivity index (χ0v) is 15.5. The number of benzene rings is 1. The second-order valence-corrected chi connectivity index (χ2v) is 6.79. The average Bonchev–Trinajstić information content (AvgIpc) is 2.58. The van der Waals surface area contributed by atoms with E-state index < -0.39 is 0 Å². The lowest BCUT2D eigenvalue weighted by Crippen LogP contribution is -2.46. The molecule has 2 heterocycles. The lowest BCUT2D eigenvalue weighted by molar-refractivity contribution is -0.118. The Hall–Kier alpha value is -2.34. The fraction of sp³-hybridized carbons (Fsp3) is 0.389. The molecular formula is C18H22ClN5O. The summed E-state index contributed by atoms with van der Waals surface area (Å²) in [5, 5.41) is 4.01. The number of rotatable bonds is 4. The molecule has 0 radical (unpaired) electrons. The monoisotopic (exact) mass is 359 g/mol. The Morgan fingerprint density at radius 3 is 2.44 bits per heavy atom. The molecule has 0 unspecified atom stereocenters. The van der Waals surface area contributed by atoms with Crippen LogP contribution in [0.5, 0.6) is 0 Å². The van der Waals surface area contributed by atoms with Gasteiger partial charge in [-0.05, 0) is 38.0 Å². The number of nitrogens with one attached hydrogen (secondary N) is 1. The molecule has 0 bridgehead atoms. The molecule has 7 heteroatoms. The fourth-order valence-corrected chi connectivity index (χ4v) is 3.36. The third kappa shape index (κ3) is 4.02. The zero-order valence-electron chi connectivity index (χ0n) is 14.7. The van der Waals surface area contributed by atoms with Gasteiger partial charge in [0.15, 0.2) is 0 Å². The van der Waals surface area contributed by atoms with Gasteiger partial charge in [-0.15, -0.1) is 0 Å². The fourth-order valence-electron chi connectivity index (χ4n) is 2.99. The Kier molecular flexibility index (Phi) is 5.08. The number of aryl methyl sites for hydroxylation is 3. The minimum atomic E-state index is 0.675. The molecule has 1 aliphatic rings. The van der Waals surface area contributed by atoms with Crippen LogP contribution in [0.4, 0.5) is 17.5 Å². The van der Waals surface area contributed by atoms with Crippen LogP contribution in [0.25, 0.3) is 0 Å². The highest BCUT2D eigenvalue weighted by Crippen LogP contribution is 2.30. The molecule has 1 aliphatic heterocycles. The average molecular weight is 360 g/mol. The van der Waals surface area contributed by atoms with Crippen LogP contribution in [0.1, 0.15) is 16.8 Å². The molecule has 0 atom stereocenters. The molecule has 0 aliphatic carbocycles. The summed E-state index contributed by atoms with van der Waals surface area (Å²) >= 11 is 6.39. The summed E-state index contributed by atoms with van der Waals surface area (Å²) in [5.74, 6) is 1.39. The van der Waals surface area contributed by atoms with Crippen molar-refractivity contribution in [2.75, 3.05) is 36.4 Å². The third-order valence-corrected chi connectivity index (χ3v) is 4.57. The molecule has 2 aromatic rings. The molecule has 6 nitrogen and oxygen atoms in total. The molecule has 132 valence electrons. The van der Waals surface area contributed by atoms with Gasteiger partial charge in [0.2, 0.25) is 12.4 Å². The normalized spacial score (nSPS) is 14.6. The van der Waals surface area contributed by atoms with Crippen LogP contribution in [0.15, 0.2) is 18.2 Å². The molecule has 1 fully saturated rings. The van der Waals surface area contributed by atoms with E-state index in [1.54, 1.807) is 4.90 Å². The third-order valence-electron chi connectivity index (χ3n) is 4.27. The number of aromatic nitrogens is 2. The number of anilines is 3. The lowest BCUT2D eigenvalue weighted by Gasteiger charge is -2.32. The maximum Gasteiger partial charge on any atom is 0.227 e. The SMILES string of the molecule is Cc1cc(C)c(Nc2cc(C)nc(N3CCN(C=O)CC3)n2)c(Cl)c1. The first kappa shape index (κ1) is 17.5. The maximum atomic E-state index is 10.9. The molecule has 1 amide bonds. The molecule has 1 N–H and O–H groups in total. The van der Waals surface area contributed by atoms with Crippen molar-refractivity contribution in [2.45, 2.75) is 20.8 Å². The second kappa shape index (κ2) is 7.27. The largest absolute Gasteiger partial charge is 0.342 e. The second-order valence-electron chi connectivity index (χ2n) is 6.39. The maximum absolute atomic E-state index is 10.9. The van der Waals surface area contributed by atoms with Gasteiger partial charge in [0.1, 0.15) is 5.82 Å². The summed E-state index contributed by atoms with van der Waals surface area (Å²) in [4.78, 5) is 23.9. The standard InChI is InChI=1S/C18H22ClN5O/c1-12-8-13(2)17(15(19)9-12)21-16-10-14(3)20-18(22-16)24-6-4-23(11-25)5-7-24/h8-11H,4-7H2,1-3H3,(H,20,21,22). The predicted octanol–water partition coefficient (Wildman–Crippen LogP) is 3.08. The van der Waals surface area contributed by atoms with E-state index in [2.05, 4.69) is 26.3 Å². The Bertz CT molecular complexity index is 764. The minimum absolute atomic E-state index is 0.675. The Labute approximate surface area is 152 Å². The van der Waals surface area contributed by atoms with Gasteiger partial charge >= 0.3 is 0 Å². The van der Waals surface area contributed by atoms with E-state index in [1.807, 2.05) is 32.9 Å². The van der Waals surface area contributed by atoms with E-state index >= 15 is 0 Å². The minimum Gasteiger partial charge on any atom is -0.342 e. The number of carbonyl (C=O) groups excluding carboxylic acids is 1. The van der Waals surface area contributed by atoms with E-state index in [-0.39, 0.29) is 0 Å². The number of hydrogen-bond donors (Lipinski definition) is 1. The van der Waals surface area contributed by atoms with Crippen LogP contribution in [-0.4, -0.2) is 47.5 Å². The molecule has 25 heavy (non-hydrogen) atoms. The summed E-state index contributed by atoms with van der Waals surface area (Å²) in [6.07, 6.45) is 0.892. The summed E-state index contributed by atoms with van der Waals surface area (Å²) in [5.41, 5.74) is 3.94. The molecule has 1 aromatic heterocycles. The van der Waals surface area contributed by atoms with E-state index in [1.165, 1.54) is 0 Å². The first-order valence-electron chi connectivity index (χ1n) is 8.30. The number of nitrogens with zero attached hydrogens (tertiary/aromatic N) is 4. The predicted molar refractivity (Wildman–Crippen MR) is 101 cm³/mol. The molecule has 1 aromatic carbocycles. The van der Waals surface area contributed by atoms with Crippen LogP contribution in [-0.2, 0) is 4.79 Å². The van der Waals surface area contributed by atoms with Crippen molar-refractivity contribution in [3.05, 3.63) is 40.0 Å². The number of halogens is 1. The van der Waals surface area contributed by atoms with Crippen LogP contribution in [0.2, 0.25) is 5.02 Å². The summed E-state index contributed by atoms with van der Waals surface area (Å²) in [7, 11) is 0. The highest BCUT2D eigenvalue weighted by molar-refractivity contribution is 6.33. The van der Waals surface area contributed by atoms with Gasteiger partial charge in [-0.2, -0.15) is 4.98 Å². The highest BCUT2D eigenvalue weighted by Gasteiger charge is 2.19. The van der Waals surface area contributed by atoms with Crippen molar-refractivity contribution in [2.24, 2.45) is 0 Å². The summed E-state index contributed by atoms with van der Waals surface area (Å²) < 4.78 is 0. The molecule has 3 rings (SSSR count). The topological polar surface area (TPSA) is 61.4 Å². The molecule has 0 saturated carbocycles. The quantitative estimate of drug-likeness (QED) is 0.850. The van der Waals surface area contributed by atoms with Crippen LogP contribution < -0.4 is 10.2 Å². The van der Waals surface area contributed by atoms with Crippen LogP contribution in [0.3, 0.4) is 0 Å². The van der Waals surface area contributed by atoms with Gasteiger partial charge < -0.3 is 15.1 Å². The van der Waals surface area contributed by atoms with E-state index in [4.69, 9.17) is 11.6 Å². The van der Waals surface area contributed by atoms with Crippen molar-refractivity contribution in [1.29, 1.82) is 0 Å². The van der Waals surface area contributed by atoms with Gasteiger partial charge in [-0.1, -0.05) is 17.7 Å². The molecule has 1 saturated heterocycles. The number of piperazine rings is 1. The van der Waals surface area contributed by atoms with Crippen LogP contribution >= 0.6 is 11.6 Å². The Morgan fingerprint density at radius 1 is 1.08 bits per heavy atom. The van der Waals surface area contributed by atoms with Gasteiger partial charge in [0.05, 0.1) is 10.7 Å². The van der Waals surface area contributed by atoms with Crippen LogP contribution in [0, 0.1) is 20.8 Å². The Balaban J connectivity index is 1.84. The first-order valence-corrected chi connectivity index (χ1v) is 8.68. The lowest BCUT2D eigenvalue weighted by atomic mass is 10.1. The van der Waals surface area contributed by atoms with Crippen molar-refractivity contribution in [1.82, 2.24) is 14.9 Å². The zero-order chi connectivity index (χ0) is 18.0. The van der Waals surface area contributed by atoms with E-state index in [9.17, 15) is 4.79 Å². The summed E-state index contributed by atoms with van der Waals surface area (Å²) in [6.45, 7) is 8.82. The summed E-state index contributed by atoms with van der Waals surface area (Å²) in [6, 6.07) is 5.92. The highest BCUT2D eigenvalue weighted by atomic mass is 35.5. The smallest absolute Gasteiger partial charge is 0.227 e. The van der Waals surface area contributed by atoms with E-state index in [0.29, 0.717) is 29.9 Å². The first-order chi connectivity index (χ1) is 12.0. The van der Waals surface area contributed by atoms with E-state index in [0.717, 1.165) is 42.0 Å². The van der Waals surface area contributed by atoms with Gasteiger partial charge in [0, 0.05) is 37.9 Å². The molecule has 0 spiro atoms. The van der Waals surface area contributed by atoms with Crippen molar-refractivity contribution in [3.63, 3.8) is 0 Å². The number of carbonyl (C=O) groups is 1. The number of hydrogen-bond acceptors (Lipinski definition) is 5. The van der Waals surface area contributed by atoms with Crippen molar-refractivity contribution >= 4 is 35.5 Å². The van der Waals surface area contributed by atoms with Gasteiger partial charge in [0.25, 0.3) is 0 Å². The van der Waals surface area contributed by atoms with Gasteiger partial charge in [-0.25, -0.2) is 4.98 Å². The number of amides is 1. The van der Waals surface area contributed by atoms with Crippen molar-refractivity contribution in [3.8, 4) is 0 Å². The Morgan fingerprint density at radius 2 is 1.80 bits per heavy atom. The molecular weight excluding hydrogens is 338 g/mol. The van der Waals surface area contributed by atoms with Gasteiger partial charge in [-0.3, -0.25) is 4.79 Å². The van der Waals surface area contributed by atoms with Crippen molar-refractivity contribution < 1.29 is 4.79 Å².